The van der Waals surface area contributed by atoms with E-state index < -0.39 is 5.82 Å². The van der Waals surface area contributed by atoms with Crippen LogP contribution in [-0.4, -0.2) is 55.0 Å². The van der Waals surface area contributed by atoms with Crippen molar-refractivity contribution in [2.24, 2.45) is 0 Å². The average Bonchev–Trinajstić information content (AvgIpc) is 3.42. The molecule has 0 spiro atoms. The summed E-state index contributed by atoms with van der Waals surface area (Å²) in [6.45, 7) is 4.00. The molecule has 2 fully saturated rings. The molecular formula is C24H25ClFN5O2. The van der Waals surface area contributed by atoms with Gasteiger partial charge in [0.2, 0.25) is 0 Å². The summed E-state index contributed by atoms with van der Waals surface area (Å²) < 4.78 is 22.1. The van der Waals surface area contributed by atoms with Crippen LogP contribution in [0.1, 0.15) is 54.2 Å². The Bertz CT molecular complexity index is 1230. The normalized spacial score (nSPS) is 24.5. The second kappa shape index (κ2) is 7.95. The fourth-order valence-electron chi connectivity index (χ4n) is 5.82. The fourth-order valence-corrected chi connectivity index (χ4v) is 5.96. The first-order chi connectivity index (χ1) is 16.0. The predicted molar refractivity (Wildman–Crippen MR) is 121 cm³/mol. The molecular weight excluding hydrogens is 445 g/mol. The van der Waals surface area contributed by atoms with Crippen LogP contribution in [0.3, 0.4) is 0 Å². The quantitative estimate of drug-likeness (QED) is 0.576. The lowest BCUT2D eigenvalue weighted by Gasteiger charge is -2.38. The lowest BCUT2D eigenvalue weighted by atomic mass is 9.99. The zero-order valence-electron chi connectivity index (χ0n) is 18.4. The Morgan fingerprint density at radius 2 is 2.03 bits per heavy atom. The van der Waals surface area contributed by atoms with E-state index in [1.54, 1.807) is 21.8 Å². The number of carbonyl (C=O) groups excluding carboxylic acids is 1. The zero-order chi connectivity index (χ0) is 22.7. The Balaban J connectivity index is 1.23. The van der Waals surface area contributed by atoms with Crippen LogP contribution in [0.5, 0.6) is 5.75 Å². The van der Waals surface area contributed by atoms with Gasteiger partial charge in [0, 0.05) is 29.9 Å². The summed E-state index contributed by atoms with van der Waals surface area (Å²) in [7, 11) is 0. The second-order valence-electron chi connectivity index (χ2n) is 9.19. The molecule has 3 aromatic rings. The summed E-state index contributed by atoms with van der Waals surface area (Å²) >= 11 is 6.01. The number of amides is 1. The number of ether oxygens (including phenoxy) is 1. The molecule has 33 heavy (non-hydrogen) atoms. The minimum absolute atomic E-state index is 0.00687. The summed E-state index contributed by atoms with van der Waals surface area (Å²) in [5.41, 5.74) is 2.79. The van der Waals surface area contributed by atoms with Crippen molar-refractivity contribution in [1.82, 2.24) is 24.4 Å². The van der Waals surface area contributed by atoms with E-state index in [4.69, 9.17) is 16.3 Å². The lowest BCUT2D eigenvalue weighted by molar-refractivity contribution is 0.0511. The predicted octanol–water partition coefficient (Wildman–Crippen LogP) is 4.07. The number of rotatable bonds is 4. The number of benzene rings is 1. The number of halogens is 2. The molecule has 0 aliphatic carbocycles. The van der Waals surface area contributed by atoms with Gasteiger partial charge in [-0.3, -0.25) is 9.69 Å². The lowest BCUT2D eigenvalue weighted by Crippen LogP contribution is -2.46. The van der Waals surface area contributed by atoms with Gasteiger partial charge in [0.1, 0.15) is 17.7 Å². The molecule has 6 rings (SSSR count). The Hall–Kier alpha value is -2.71. The molecule has 0 N–H and O–H groups in total. The largest absolute Gasteiger partial charge is 0.489 e. The molecule has 2 aromatic heterocycles. The van der Waals surface area contributed by atoms with Crippen molar-refractivity contribution in [1.29, 1.82) is 0 Å². The van der Waals surface area contributed by atoms with Crippen LogP contribution in [0, 0.1) is 5.82 Å². The van der Waals surface area contributed by atoms with Gasteiger partial charge in [-0.2, -0.15) is 5.10 Å². The van der Waals surface area contributed by atoms with Crippen molar-refractivity contribution in [3.63, 3.8) is 0 Å². The van der Waals surface area contributed by atoms with E-state index in [1.165, 1.54) is 31.0 Å². The smallest absolute Gasteiger partial charge is 0.258 e. The Morgan fingerprint density at radius 1 is 1.24 bits per heavy atom. The van der Waals surface area contributed by atoms with E-state index >= 15 is 0 Å². The summed E-state index contributed by atoms with van der Waals surface area (Å²) in [5, 5.41) is 5.03. The second-order valence-corrected chi connectivity index (χ2v) is 9.63. The maximum atomic E-state index is 14.2. The topological polar surface area (TPSA) is 63.0 Å². The van der Waals surface area contributed by atoms with Crippen LogP contribution in [0.4, 0.5) is 4.39 Å². The van der Waals surface area contributed by atoms with Gasteiger partial charge < -0.3 is 9.64 Å². The number of hydrogen-bond donors (Lipinski definition) is 0. The number of piperidine rings is 1. The van der Waals surface area contributed by atoms with Gasteiger partial charge in [0.15, 0.2) is 5.65 Å². The van der Waals surface area contributed by atoms with E-state index in [0.717, 1.165) is 30.6 Å². The highest BCUT2D eigenvalue weighted by molar-refractivity contribution is 6.30. The third-order valence-electron chi connectivity index (χ3n) is 7.27. The number of aromatic nitrogens is 3. The van der Waals surface area contributed by atoms with E-state index in [-0.39, 0.29) is 12.0 Å². The molecule has 7 nitrogen and oxygen atoms in total. The first-order valence-corrected chi connectivity index (χ1v) is 11.9. The molecule has 9 heteroatoms. The SMILES string of the molecule is CCN1C2CCC1CC(Oc1cc(F)ccc1C(=O)N1Cc3nn4cc(Cl)cnc4c3C1)C2. The number of fused-ring (bicyclic) bond motifs is 5. The van der Waals surface area contributed by atoms with Crippen molar-refractivity contribution in [3.8, 4) is 5.75 Å². The fraction of sp³-hybridized carbons (Fsp3) is 0.458. The molecule has 5 heterocycles. The highest BCUT2D eigenvalue weighted by atomic mass is 35.5. The number of hydrogen-bond acceptors (Lipinski definition) is 5. The minimum Gasteiger partial charge on any atom is -0.489 e. The van der Waals surface area contributed by atoms with Gasteiger partial charge in [-0.05, 0) is 44.4 Å². The van der Waals surface area contributed by atoms with Crippen molar-refractivity contribution in [2.75, 3.05) is 6.54 Å². The van der Waals surface area contributed by atoms with Crippen molar-refractivity contribution in [3.05, 3.63) is 58.3 Å². The number of nitrogens with zero attached hydrogens (tertiary/aromatic N) is 5. The van der Waals surface area contributed by atoms with Gasteiger partial charge in [0.25, 0.3) is 5.91 Å². The standard InChI is InChI=1S/C24H25ClFN5O2/c1-2-30-16-4-5-17(30)9-18(8-16)33-22-7-15(26)3-6-19(22)24(32)29-12-20-21(13-29)28-31-11-14(25)10-27-23(20)31/h3,6-7,10-11,16-18H,2,4-5,8-9,12-13H2,1H3. The molecule has 2 unspecified atom stereocenters. The van der Waals surface area contributed by atoms with Crippen LogP contribution in [-0.2, 0) is 13.1 Å². The molecule has 172 valence electrons. The highest BCUT2D eigenvalue weighted by Crippen LogP contribution is 2.38. The maximum Gasteiger partial charge on any atom is 0.258 e. The first kappa shape index (κ1) is 20.9. The van der Waals surface area contributed by atoms with Crippen molar-refractivity contribution < 1.29 is 13.9 Å². The van der Waals surface area contributed by atoms with Crippen LogP contribution in [0.2, 0.25) is 5.02 Å². The summed E-state index contributed by atoms with van der Waals surface area (Å²) in [6, 6.07) is 5.22. The molecule has 2 atom stereocenters. The third kappa shape index (κ3) is 3.56. The molecule has 0 radical (unpaired) electrons. The Kier molecular flexibility index (Phi) is 5.03. The van der Waals surface area contributed by atoms with Crippen LogP contribution in [0.25, 0.3) is 5.65 Å². The van der Waals surface area contributed by atoms with Crippen molar-refractivity contribution >= 4 is 23.2 Å². The third-order valence-corrected chi connectivity index (χ3v) is 7.47. The molecule has 1 aromatic carbocycles. The van der Waals surface area contributed by atoms with Gasteiger partial charge in [-0.1, -0.05) is 18.5 Å². The summed E-state index contributed by atoms with van der Waals surface area (Å²) in [6.07, 6.45) is 7.46. The van der Waals surface area contributed by atoms with Crippen LogP contribution >= 0.6 is 11.6 Å². The van der Waals surface area contributed by atoms with Gasteiger partial charge in [0.05, 0.1) is 35.6 Å². The van der Waals surface area contributed by atoms with Gasteiger partial charge in [-0.15, -0.1) is 0 Å². The van der Waals surface area contributed by atoms with E-state index in [2.05, 4.69) is 21.9 Å². The van der Waals surface area contributed by atoms with E-state index in [9.17, 15) is 9.18 Å². The monoisotopic (exact) mass is 469 g/mol. The van der Waals surface area contributed by atoms with E-state index in [0.29, 0.717) is 47.2 Å². The molecule has 2 bridgehead atoms. The summed E-state index contributed by atoms with van der Waals surface area (Å²) in [4.78, 5) is 22.1. The molecule has 0 saturated carbocycles. The molecule has 2 saturated heterocycles. The highest BCUT2D eigenvalue weighted by Gasteiger charge is 2.41. The molecule has 1 amide bonds. The van der Waals surface area contributed by atoms with E-state index in [1.807, 2.05) is 0 Å². The Labute approximate surface area is 196 Å². The first-order valence-electron chi connectivity index (χ1n) is 11.5. The Morgan fingerprint density at radius 3 is 2.79 bits per heavy atom. The number of carbonyl (C=O) groups is 1. The van der Waals surface area contributed by atoms with Crippen LogP contribution in [0.15, 0.2) is 30.6 Å². The zero-order valence-corrected chi connectivity index (χ0v) is 19.1. The molecule has 3 aliphatic heterocycles. The molecule has 3 aliphatic rings. The average molecular weight is 470 g/mol. The minimum atomic E-state index is -0.404. The maximum absolute atomic E-state index is 14.2. The summed E-state index contributed by atoms with van der Waals surface area (Å²) in [5.74, 6) is -0.263. The van der Waals surface area contributed by atoms with Crippen molar-refractivity contribution in [2.45, 2.75) is 63.9 Å². The van der Waals surface area contributed by atoms with Gasteiger partial charge in [-0.25, -0.2) is 13.9 Å². The van der Waals surface area contributed by atoms with Gasteiger partial charge >= 0.3 is 0 Å². The van der Waals surface area contributed by atoms with Crippen LogP contribution < -0.4 is 4.74 Å².